The van der Waals surface area contributed by atoms with Crippen LogP contribution in [0.2, 0.25) is 6.82 Å². The lowest BCUT2D eigenvalue weighted by molar-refractivity contribution is -0.134. The van der Waals surface area contributed by atoms with Crippen LogP contribution in [-0.2, 0) is 20.9 Å². The molecule has 0 bridgehead atoms. The molecule has 9 nitrogen and oxygen atoms in total. The van der Waals surface area contributed by atoms with Gasteiger partial charge in [0.2, 0.25) is 5.91 Å². The summed E-state index contributed by atoms with van der Waals surface area (Å²) >= 11 is 3.47. The Balaban J connectivity index is 1.49. The van der Waals surface area contributed by atoms with Gasteiger partial charge in [0.1, 0.15) is 36.6 Å². The van der Waals surface area contributed by atoms with Crippen LogP contribution in [0, 0.1) is 16.7 Å². The van der Waals surface area contributed by atoms with Gasteiger partial charge in [0, 0.05) is 45.7 Å². The Morgan fingerprint density at radius 1 is 1.10 bits per heavy atom. The van der Waals surface area contributed by atoms with Crippen molar-refractivity contribution in [3.8, 4) is 11.8 Å². The number of hydrogen-bond acceptors (Lipinski definition) is 8. The molecule has 1 heterocycles. The number of carbonyl (C=O) groups is 3. The average Bonchev–Trinajstić information content (AvgIpc) is 3.02. The number of nitrogens with zero attached hydrogens (tertiary/aromatic N) is 2. The van der Waals surface area contributed by atoms with E-state index < -0.39 is 18.9 Å². The summed E-state index contributed by atoms with van der Waals surface area (Å²) in [7, 11) is 2.03. The molecule has 1 atom stereocenters. The van der Waals surface area contributed by atoms with Crippen LogP contribution >= 0.6 is 24.0 Å². The number of ketones is 1. The number of nitrogens with one attached hydrogen (secondary N) is 2. The van der Waals surface area contributed by atoms with Gasteiger partial charge in [-0.15, -0.1) is 0 Å². The van der Waals surface area contributed by atoms with Crippen LogP contribution in [0.4, 0.5) is 5.69 Å². The third kappa shape index (κ3) is 9.36. The van der Waals surface area contributed by atoms with E-state index in [1.54, 1.807) is 6.07 Å². The van der Waals surface area contributed by atoms with E-state index in [2.05, 4.69) is 78.1 Å². The Kier molecular flexibility index (Phi) is 14.3. The molecule has 1 amide bonds. The molecule has 1 aliphatic heterocycles. The summed E-state index contributed by atoms with van der Waals surface area (Å²) in [6.07, 6.45) is 3.59. The molecule has 12 heteroatoms. The maximum absolute atomic E-state index is 12.6. The van der Waals surface area contributed by atoms with Gasteiger partial charge in [-0.3, -0.25) is 19.1 Å². The van der Waals surface area contributed by atoms with Crippen LogP contribution in [0.15, 0.2) is 40.9 Å². The van der Waals surface area contributed by atoms with Crippen LogP contribution in [-0.4, -0.2) is 78.6 Å². The number of halogens is 1. The molecule has 50 heavy (non-hydrogen) atoms. The normalized spacial score (nSPS) is 19.0. The lowest BCUT2D eigenvalue weighted by Crippen LogP contribution is -2.66. The van der Waals surface area contributed by atoms with Gasteiger partial charge in [0.15, 0.2) is 7.28 Å². The van der Waals surface area contributed by atoms with E-state index in [-0.39, 0.29) is 34.7 Å². The first-order chi connectivity index (χ1) is 23.3. The van der Waals surface area contributed by atoms with Crippen molar-refractivity contribution in [2.45, 2.75) is 110 Å². The van der Waals surface area contributed by atoms with Gasteiger partial charge >= 0.3 is 0 Å². The van der Waals surface area contributed by atoms with Gasteiger partial charge in [-0.1, -0.05) is 55.3 Å². The molecule has 1 fully saturated rings. The van der Waals surface area contributed by atoms with E-state index in [1.165, 1.54) is 6.92 Å². The zero-order valence-corrected chi connectivity index (χ0v) is 34.0. The zero-order chi connectivity index (χ0) is 37.5. The van der Waals surface area contributed by atoms with Crippen molar-refractivity contribution in [3.63, 3.8) is 0 Å². The monoisotopic (exact) mass is 768 g/mol. The Morgan fingerprint density at radius 2 is 1.78 bits per heavy atom. The third-order valence-electron chi connectivity index (χ3n) is 9.99. The van der Waals surface area contributed by atoms with E-state index >= 15 is 0 Å². The summed E-state index contributed by atoms with van der Waals surface area (Å²) in [5, 5.41) is 15.5. The number of rotatable bonds is 18. The molecule has 2 N–H and O–H groups in total. The van der Waals surface area contributed by atoms with Crippen molar-refractivity contribution in [1.29, 1.82) is 5.26 Å². The highest BCUT2D eigenvalue weighted by atomic mass is 79.9. The second kappa shape index (κ2) is 17.2. The maximum Gasteiger partial charge on any atom is 0.246 e. The van der Waals surface area contributed by atoms with E-state index in [9.17, 15) is 19.6 Å². The highest BCUT2D eigenvalue weighted by Gasteiger charge is 2.65. The van der Waals surface area contributed by atoms with E-state index in [4.69, 9.17) is 9.47 Å². The number of carbonyl (C=O) groups excluding carboxylic acids is 3. The molecule has 3 rings (SSSR count). The van der Waals surface area contributed by atoms with E-state index in [0.717, 1.165) is 53.6 Å². The summed E-state index contributed by atoms with van der Waals surface area (Å²) in [6, 6.07) is 13.6. The molecule has 2 aromatic carbocycles. The van der Waals surface area contributed by atoms with E-state index in [1.807, 2.05) is 51.9 Å². The molecule has 1 aliphatic rings. The van der Waals surface area contributed by atoms with Crippen molar-refractivity contribution in [2.75, 3.05) is 32.1 Å². The van der Waals surface area contributed by atoms with Gasteiger partial charge in [0.25, 0.3) is 0 Å². The number of aldehydes is 1. The smallest absolute Gasteiger partial charge is 0.246 e. The first-order valence-electron chi connectivity index (χ1n) is 17.4. The molecule has 272 valence electrons. The highest BCUT2D eigenvalue weighted by Crippen LogP contribution is 2.75. The molecule has 0 aromatic heterocycles. The Bertz CT molecular complexity index is 1560. The van der Waals surface area contributed by atoms with E-state index in [0.29, 0.717) is 31.6 Å². The zero-order valence-electron chi connectivity index (χ0n) is 31.5. The van der Waals surface area contributed by atoms with Crippen LogP contribution in [0.5, 0.6) is 5.75 Å². The molecular formula is C38H55BBrN4O5P. The molecule has 1 unspecified atom stereocenters. The Morgan fingerprint density at radius 3 is 2.34 bits per heavy atom. The molecular weight excluding hydrogens is 714 g/mol. The molecule has 1 saturated heterocycles. The molecule has 0 aliphatic carbocycles. The number of amides is 1. The van der Waals surface area contributed by atoms with Gasteiger partial charge in [0.05, 0.1) is 11.0 Å². The van der Waals surface area contributed by atoms with Gasteiger partial charge in [-0.25, -0.2) is 0 Å². The van der Waals surface area contributed by atoms with Crippen molar-refractivity contribution < 1.29 is 23.9 Å². The summed E-state index contributed by atoms with van der Waals surface area (Å²) in [5.41, 5.74) is 1.90. The lowest BCUT2D eigenvalue weighted by Gasteiger charge is -2.65. The minimum atomic E-state index is -0.909. The average molecular weight is 770 g/mol. The van der Waals surface area contributed by atoms with Crippen molar-refractivity contribution in [1.82, 2.24) is 9.99 Å². The minimum absolute atomic E-state index is 0.0229. The van der Waals surface area contributed by atoms with Gasteiger partial charge in [-0.2, -0.15) is 5.26 Å². The predicted octanol–water partition coefficient (Wildman–Crippen LogP) is 7.51. The number of unbranched alkanes of at least 4 members (excludes halogenated alkanes) is 2. The maximum atomic E-state index is 12.6. The fraction of sp³-hybridized carbons (Fsp3) is 0.579. The second-order valence-corrected chi connectivity index (χ2v) is 19.8. The molecule has 2 aromatic rings. The second-order valence-electron chi connectivity index (χ2n) is 15.4. The Labute approximate surface area is 309 Å². The lowest BCUT2D eigenvalue weighted by atomic mass is 9.48. The number of benzene rings is 2. The van der Waals surface area contributed by atoms with Crippen LogP contribution in [0.3, 0.4) is 0 Å². The van der Waals surface area contributed by atoms with Crippen molar-refractivity contribution in [2.24, 2.45) is 5.41 Å². The van der Waals surface area contributed by atoms with Crippen molar-refractivity contribution >= 4 is 54.9 Å². The SMILES string of the molecule is CBC(NC(=O)COCCCCCNc1ccc(C=O)c(CN(C)P2C(C)(C)C(Oc3ccc(C#N)c(Br)c3)C2(C)C)c1)(C(C)=O)C(C)(C)C. The predicted molar refractivity (Wildman–Crippen MR) is 209 cm³/mol. The van der Waals surface area contributed by atoms with Gasteiger partial charge < -0.3 is 20.1 Å². The third-order valence-corrected chi connectivity index (χ3v) is 14.1. The largest absolute Gasteiger partial charge is 0.488 e. The first kappa shape index (κ1) is 41.7. The summed E-state index contributed by atoms with van der Waals surface area (Å²) in [4.78, 5) is 37.0. The number of anilines is 1. The Hall–Kier alpha value is -2.77. The number of hydrogen-bond donors (Lipinski definition) is 2. The van der Waals surface area contributed by atoms with Crippen LogP contribution in [0.25, 0.3) is 0 Å². The van der Waals surface area contributed by atoms with Crippen LogP contribution < -0.4 is 15.4 Å². The topological polar surface area (TPSA) is 121 Å². The van der Waals surface area contributed by atoms with Gasteiger partial charge in [-0.05, 0) is 105 Å². The number of ether oxygens (including phenoxy) is 2. The van der Waals surface area contributed by atoms with Crippen molar-refractivity contribution in [3.05, 3.63) is 57.6 Å². The number of nitriles is 1. The fourth-order valence-corrected chi connectivity index (χ4v) is 12.8. The summed E-state index contributed by atoms with van der Waals surface area (Å²) in [6.45, 7) is 20.2. The number of Topliss-reactive ketones (excluding diaryl/α,β-unsaturated/α-hetero) is 1. The highest BCUT2D eigenvalue weighted by molar-refractivity contribution is 9.10. The fourth-order valence-electron chi connectivity index (χ4n) is 7.86. The standard InChI is InChI=1S/C38H55BBrN4O5P/c1-26(46)38(39-9,35(2,3)4)43-33(47)25-48-19-13-11-12-18-42-30-16-14-28(24-45)29(20-30)23-44(10)50-36(5,6)34(37(50,7)8)49-31-17-15-27(22-41)32(40)21-31/h14-17,20-21,24,34,39,42H,11-13,18-19,23,25H2,1-10H3,(H,43,47). The van der Waals surface area contributed by atoms with Crippen LogP contribution in [0.1, 0.15) is 96.1 Å². The minimum Gasteiger partial charge on any atom is -0.488 e. The molecule has 0 spiro atoms. The summed E-state index contributed by atoms with van der Waals surface area (Å²) in [5.74, 6) is 0.422. The molecule has 0 radical (unpaired) electrons. The molecule has 0 saturated carbocycles. The first-order valence-corrected chi connectivity index (χ1v) is 19.5. The summed E-state index contributed by atoms with van der Waals surface area (Å²) < 4.78 is 15.3. The quantitative estimate of drug-likeness (QED) is 0.0692.